The van der Waals surface area contributed by atoms with Crippen molar-refractivity contribution >= 4 is 15.8 Å². The SMILES string of the molecule is Cc1cc(S(N)(=O)=NC(=O)Cc2c3c(cc4c2CCC4)CCC3)ccc1C(C)(C)O. The van der Waals surface area contributed by atoms with Crippen LogP contribution in [0.25, 0.3) is 0 Å². The molecule has 0 heterocycles. The summed E-state index contributed by atoms with van der Waals surface area (Å²) >= 11 is 0. The highest BCUT2D eigenvalue weighted by molar-refractivity contribution is 7.91. The first kappa shape index (κ1) is 21.2. The molecule has 0 aliphatic heterocycles. The summed E-state index contributed by atoms with van der Waals surface area (Å²) < 4.78 is 17.1. The Bertz CT molecular complexity index is 1120. The number of nitrogens with zero attached hydrogens (tertiary/aromatic N) is 1. The van der Waals surface area contributed by atoms with Gasteiger partial charge in [-0.05, 0) is 110 Å². The Morgan fingerprint density at radius 1 is 1.10 bits per heavy atom. The number of amides is 1. The Kier molecular flexibility index (Phi) is 5.37. The van der Waals surface area contributed by atoms with Gasteiger partial charge in [0, 0.05) is 0 Å². The lowest BCUT2D eigenvalue weighted by Crippen LogP contribution is -2.20. The number of aryl methyl sites for hydroxylation is 3. The highest BCUT2D eigenvalue weighted by Crippen LogP contribution is 2.35. The Hall–Kier alpha value is -2.02. The maximum absolute atomic E-state index is 13.1. The maximum Gasteiger partial charge on any atom is 0.259 e. The molecule has 0 bridgehead atoms. The zero-order valence-electron chi connectivity index (χ0n) is 18.0. The van der Waals surface area contributed by atoms with Gasteiger partial charge < -0.3 is 5.11 Å². The first-order valence-electron chi connectivity index (χ1n) is 10.6. The summed E-state index contributed by atoms with van der Waals surface area (Å²) in [6.07, 6.45) is 6.55. The van der Waals surface area contributed by atoms with Crippen LogP contribution in [-0.4, -0.2) is 15.2 Å². The molecule has 6 heteroatoms. The van der Waals surface area contributed by atoms with Crippen LogP contribution in [-0.2, 0) is 52.4 Å². The van der Waals surface area contributed by atoms with E-state index in [-0.39, 0.29) is 6.42 Å². The number of aliphatic hydroxyl groups is 1. The fourth-order valence-corrected chi connectivity index (χ4v) is 6.12. The van der Waals surface area contributed by atoms with E-state index in [1.165, 1.54) is 22.3 Å². The number of benzene rings is 2. The van der Waals surface area contributed by atoms with Gasteiger partial charge >= 0.3 is 0 Å². The molecule has 1 amide bonds. The molecule has 1 unspecified atom stereocenters. The first-order valence-corrected chi connectivity index (χ1v) is 12.2. The van der Waals surface area contributed by atoms with Crippen LogP contribution in [0.5, 0.6) is 0 Å². The van der Waals surface area contributed by atoms with E-state index in [0.29, 0.717) is 4.90 Å². The standard InChI is InChI=1S/C24H30N2O3S/c1-15-12-18(10-11-22(15)24(2,3)28)30(25,29)26-23(27)14-21-19-8-4-6-16(19)13-17-7-5-9-20(17)21/h10-13,28H,4-9,14H2,1-3H3,(H2,25,26,27,29). The second-order valence-corrected chi connectivity index (χ2v) is 10.9. The predicted molar refractivity (Wildman–Crippen MR) is 119 cm³/mol. The molecule has 2 aromatic rings. The summed E-state index contributed by atoms with van der Waals surface area (Å²) in [4.78, 5) is 13.2. The van der Waals surface area contributed by atoms with Crippen LogP contribution in [0.2, 0.25) is 0 Å². The van der Waals surface area contributed by atoms with Gasteiger partial charge in [-0.1, -0.05) is 12.1 Å². The summed E-state index contributed by atoms with van der Waals surface area (Å²) in [5.74, 6) is -0.430. The smallest absolute Gasteiger partial charge is 0.259 e. The van der Waals surface area contributed by atoms with Crippen molar-refractivity contribution in [2.45, 2.75) is 76.2 Å². The fourth-order valence-electron chi connectivity index (χ4n) is 5.04. The quantitative estimate of drug-likeness (QED) is 0.781. The highest BCUT2D eigenvalue weighted by Gasteiger charge is 2.26. The molecule has 1 atom stereocenters. The second-order valence-electron chi connectivity index (χ2n) is 9.10. The summed E-state index contributed by atoms with van der Waals surface area (Å²) in [7, 11) is -3.35. The Morgan fingerprint density at radius 3 is 2.23 bits per heavy atom. The van der Waals surface area contributed by atoms with Gasteiger partial charge in [-0.25, -0.2) is 9.35 Å². The lowest BCUT2D eigenvalue weighted by Gasteiger charge is -2.21. The van der Waals surface area contributed by atoms with Crippen LogP contribution in [0, 0.1) is 6.92 Å². The topological polar surface area (TPSA) is 92.8 Å². The second kappa shape index (κ2) is 7.59. The van der Waals surface area contributed by atoms with E-state index in [4.69, 9.17) is 5.14 Å². The van der Waals surface area contributed by atoms with Gasteiger partial charge in [0.15, 0.2) is 0 Å². The average Bonchev–Trinajstić information content (AvgIpc) is 3.28. The van der Waals surface area contributed by atoms with Gasteiger partial charge in [-0.15, -0.1) is 4.36 Å². The Morgan fingerprint density at radius 2 is 1.70 bits per heavy atom. The molecule has 2 aromatic carbocycles. The molecule has 0 fully saturated rings. The number of hydrogen-bond acceptors (Lipinski definition) is 3. The van der Waals surface area contributed by atoms with Crippen molar-refractivity contribution in [1.82, 2.24) is 0 Å². The van der Waals surface area contributed by atoms with Crippen molar-refractivity contribution in [2.75, 3.05) is 0 Å². The minimum absolute atomic E-state index is 0.167. The number of rotatable bonds is 4. The van der Waals surface area contributed by atoms with Crippen LogP contribution >= 0.6 is 0 Å². The third-order valence-corrected chi connectivity index (χ3v) is 7.76. The van der Waals surface area contributed by atoms with Crippen LogP contribution in [0.3, 0.4) is 0 Å². The van der Waals surface area contributed by atoms with Gasteiger partial charge in [0.05, 0.1) is 16.9 Å². The first-order chi connectivity index (χ1) is 14.1. The lowest BCUT2D eigenvalue weighted by atomic mass is 9.92. The summed E-state index contributed by atoms with van der Waals surface area (Å²) in [5, 5.41) is 16.3. The molecule has 2 aliphatic rings. The van der Waals surface area contributed by atoms with Gasteiger partial charge in [0.1, 0.15) is 9.92 Å². The monoisotopic (exact) mass is 426 g/mol. The van der Waals surface area contributed by atoms with Gasteiger partial charge in [0.25, 0.3) is 5.91 Å². The fraction of sp³-hybridized carbons (Fsp3) is 0.458. The molecular formula is C24H30N2O3S. The molecule has 30 heavy (non-hydrogen) atoms. The minimum Gasteiger partial charge on any atom is -0.386 e. The number of hydrogen-bond donors (Lipinski definition) is 2. The maximum atomic E-state index is 13.1. The Balaban J connectivity index is 1.66. The van der Waals surface area contributed by atoms with E-state index < -0.39 is 21.4 Å². The van der Waals surface area contributed by atoms with Crippen molar-refractivity contribution in [3.63, 3.8) is 0 Å². The molecule has 4 rings (SSSR count). The van der Waals surface area contributed by atoms with Gasteiger partial charge in [-0.3, -0.25) is 4.79 Å². The molecule has 5 nitrogen and oxygen atoms in total. The lowest BCUT2D eigenvalue weighted by molar-refractivity contribution is -0.117. The van der Waals surface area contributed by atoms with E-state index in [2.05, 4.69) is 10.4 Å². The number of carbonyl (C=O) groups is 1. The van der Waals surface area contributed by atoms with Crippen LogP contribution in [0.1, 0.15) is 65.6 Å². The zero-order chi connectivity index (χ0) is 21.7. The normalized spacial score (nSPS) is 17.4. The van der Waals surface area contributed by atoms with E-state index in [0.717, 1.165) is 55.2 Å². The zero-order valence-corrected chi connectivity index (χ0v) is 18.8. The van der Waals surface area contributed by atoms with E-state index >= 15 is 0 Å². The molecule has 2 aliphatic carbocycles. The molecule has 0 spiro atoms. The van der Waals surface area contributed by atoms with Gasteiger partial charge in [-0.2, -0.15) is 0 Å². The van der Waals surface area contributed by atoms with Crippen molar-refractivity contribution in [2.24, 2.45) is 9.50 Å². The highest BCUT2D eigenvalue weighted by atomic mass is 32.2. The largest absolute Gasteiger partial charge is 0.386 e. The number of nitrogens with two attached hydrogens (primary N) is 1. The van der Waals surface area contributed by atoms with Crippen molar-refractivity contribution in [3.8, 4) is 0 Å². The molecule has 3 N–H and O–H groups in total. The third kappa shape index (κ3) is 3.96. The molecule has 160 valence electrons. The van der Waals surface area contributed by atoms with Crippen molar-refractivity contribution < 1.29 is 14.1 Å². The third-order valence-electron chi connectivity index (χ3n) is 6.36. The van der Waals surface area contributed by atoms with Crippen molar-refractivity contribution in [1.29, 1.82) is 0 Å². The number of carbonyl (C=O) groups excluding carboxylic acids is 1. The van der Waals surface area contributed by atoms with Gasteiger partial charge in [0.2, 0.25) is 0 Å². The average molecular weight is 427 g/mol. The van der Waals surface area contributed by atoms with Crippen LogP contribution < -0.4 is 5.14 Å². The number of fused-ring (bicyclic) bond motifs is 2. The predicted octanol–water partition coefficient (Wildman–Crippen LogP) is 3.67. The minimum atomic E-state index is -3.35. The molecule has 0 saturated heterocycles. The van der Waals surface area contributed by atoms with E-state index in [1.54, 1.807) is 32.0 Å². The molecular weight excluding hydrogens is 396 g/mol. The van der Waals surface area contributed by atoms with Crippen molar-refractivity contribution in [3.05, 3.63) is 63.2 Å². The summed E-state index contributed by atoms with van der Waals surface area (Å²) in [6.45, 7) is 5.21. The Labute approximate surface area is 179 Å². The summed E-state index contributed by atoms with van der Waals surface area (Å²) in [5.41, 5.74) is 6.91. The molecule has 0 saturated carbocycles. The van der Waals surface area contributed by atoms with Crippen LogP contribution in [0.4, 0.5) is 0 Å². The molecule has 0 radical (unpaired) electrons. The summed E-state index contributed by atoms with van der Waals surface area (Å²) in [6, 6.07) is 7.28. The van der Waals surface area contributed by atoms with E-state index in [9.17, 15) is 14.1 Å². The van der Waals surface area contributed by atoms with E-state index in [1.807, 2.05) is 6.92 Å². The molecule has 0 aromatic heterocycles. The van der Waals surface area contributed by atoms with Crippen LogP contribution in [0.15, 0.2) is 33.5 Å².